The summed E-state index contributed by atoms with van der Waals surface area (Å²) in [7, 11) is 1.65. The standard InChI is InChI=1S/C26H28N4O2/c1-17-8-10-18(11-9-17)25-22-15-27-23-13-12-20(32-2)14-21(23)26(22)30(29-25)16-24(31)28-19-6-4-3-5-7-19/h8-15,19H,3-7,16H2,1-2H3,(H,28,31). The maximum absolute atomic E-state index is 13.0. The Morgan fingerprint density at radius 3 is 2.62 bits per heavy atom. The SMILES string of the molecule is COc1ccc2ncc3c(-c4ccc(C)cc4)nn(CC(=O)NC4CCCCC4)c3c2c1. The largest absolute Gasteiger partial charge is 0.497 e. The zero-order chi connectivity index (χ0) is 22.1. The molecule has 0 unspecified atom stereocenters. The number of aryl methyl sites for hydroxylation is 1. The lowest BCUT2D eigenvalue weighted by atomic mass is 9.95. The third-order valence-corrected chi connectivity index (χ3v) is 6.37. The molecule has 0 atom stereocenters. The van der Waals surface area contributed by atoms with Crippen LogP contribution >= 0.6 is 0 Å². The second-order valence-corrected chi connectivity index (χ2v) is 8.68. The molecule has 1 aliphatic carbocycles. The lowest BCUT2D eigenvalue weighted by Gasteiger charge is -2.22. The van der Waals surface area contributed by atoms with E-state index in [9.17, 15) is 4.79 Å². The minimum Gasteiger partial charge on any atom is -0.497 e. The van der Waals surface area contributed by atoms with Crippen LogP contribution in [0.1, 0.15) is 37.7 Å². The second kappa shape index (κ2) is 8.61. The molecule has 0 radical (unpaired) electrons. The Bertz CT molecular complexity index is 1270. The molecule has 0 aliphatic heterocycles. The van der Waals surface area contributed by atoms with Crippen LogP contribution in [0.3, 0.4) is 0 Å². The van der Waals surface area contributed by atoms with Gasteiger partial charge in [0.2, 0.25) is 5.91 Å². The number of ether oxygens (including phenoxy) is 1. The first kappa shape index (κ1) is 20.5. The smallest absolute Gasteiger partial charge is 0.241 e. The number of amides is 1. The summed E-state index contributed by atoms with van der Waals surface area (Å²) in [5.74, 6) is 0.757. The predicted molar refractivity (Wildman–Crippen MR) is 127 cm³/mol. The van der Waals surface area contributed by atoms with Gasteiger partial charge >= 0.3 is 0 Å². The van der Waals surface area contributed by atoms with Crippen LogP contribution in [0, 0.1) is 6.92 Å². The van der Waals surface area contributed by atoms with E-state index in [4.69, 9.17) is 9.84 Å². The number of rotatable bonds is 5. The average molecular weight is 429 g/mol. The number of hydrogen-bond donors (Lipinski definition) is 1. The summed E-state index contributed by atoms with van der Waals surface area (Å²) in [5, 5.41) is 9.98. The van der Waals surface area contributed by atoms with Gasteiger partial charge in [-0.15, -0.1) is 0 Å². The normalized spacial score (nSPS) is 14.7. The second-order valence-electron chi connectivity index (χ2n) is 8.68. The van der Waals surface area contributed by atoms with Gasteiger partial charge in [0.25, 0.3) is 0 Å². The summed E-state index contributed by atoms with van der Waals surface area (Å²) in [6, 6.07) is 14.4. The zero-order valence-electron chi connectivity index (χ0n) is 18.6. The van der Waals surface area contributed by atoms with Crippen LogP contribution in [0.2, 0.25) is 0 Å². The zero-order valence-corrected chi connectivity index (χ0v) is 18.6. The quantitative estimate of drug-likeness (QED) is 0.485. The number of pyridine rings is 1. The maximum atomic E-state index is 13.0. The molecule has 1 fully saturated rings. The van der Waals surface area contributed by atoms with Gasteiger partial charge in [0.05, 0.1) is 18.1 Å². The molecule has 6 heteroatoms. The van der Waals surface area contributed by atoms with E-state index in [1.165, 1.54) is 24.8 Å². The molecule has 0 saturated heterocycles. The highest BCUT2D eigenvalue weighted by molar-refractivity contribution is 6.08. The predicted octanol–water partition coefficient (Wildman–Crippen LogP) is 5.02. The molecular formula is C26H28N4O2. The van der Waals surface area contributed by atoms with Crippen LogP contribution in [0.4, 0.5) is 0 Å². The Kier molecular flexibility index (Phi) is 5.52. The third kappa shape index (κ3) is 3.93. The Labute approximate surface area is 187 Å². The van der Waals surface area contributed by atoms with E-state index >= 15 is 0 Å². The van der Waals surface area contributed by atoms with Gasteiger partial charge in [0.1, 0.15) is 18.0 Å². The number of carbonyl (C=O) groups excluding carboxylic acids is 1. The highest BCUT2D eigenvalue weighted by Gasteiger charge is 2.20. The molecule has 2 aromatic carbocycles. The van der Waals surface area contributed by atoms with Crippen molar-refractivity contribution in [3.05, 3.63) is 54.2 Å². The van der Waals surface area contributed by atoms with E-state index in [0.717, 1.165) is 51.7 Å². The van der Waals surface area contributed by atoms with Gasteiger partial charge in [-0.1, -0.05) is 49.1 Å². The number of nitrogens with one attached hydrogen (secondary N) is 1. The van der Waals surface area contributed by atoms with Gasteiger partial charge in [-0.25, -0.2) is 0 Å². The summed E-state index contributed by atoms with van der Waals surface area (Å²) < 4.78 is 7.29. The lowest BCUT2D eigenvalue weighted by molar-refractivity contribution is -0.122. The number of methoxy groups -OCH3 is 1. The van der Waals surface area contributed by atoms with Gasteiger partial charge in [-0.05, 0) is 38.0 Å². The fourth-order valence-corrected chi connectivity index (χ4v) is 4.66. The molecule has 4 aromatic rings. The lowest BCUT2D eigenvalue weighted by Crippen LogP contribution is -2.38. The summed E-state index contributed by atoms with van der Waals surface area (Å²) in [5.41, 5.74) is 4.79. The summed E-state index contributed by atoms with van der Waals surface area (Å²) in [4.78, 5) is 17.6. The highest BCUT2D eigenvalue weighted by Crippen LogP contribution is 2.33. The Hall–Kier alpha value is -3.41. The molecule has 0 bridgehead atoms. The molecule has 164 valence electrons. The maximum Gasteiger partial charge on any atom is 0.241 e. The van der Waals surface area contributed by atoms with Crippen molar-refractivity contribution >= 4 is 27.7 Å². The van der Waals surface area contributed by atoms with Crippen molar-refractivity contribution in [1.82, 2.24) is 20.1 Å². The van der Waals surface area contributed by atoms with E-state index in [1.807, 2.05) is 29.1 Å². The van der Waals surface area contributed by atoms with Gasteiger partial charge in [-0.2, -0.15) is 5.10 Å². The number of aromatic nitrogens is 3. The Morgan fingerprint density at radius 2 is 1.88 bits per heavy atom. The monoisotopic (exact) mass is 428 g/mol. The first-order valence-electron chi connectivity index (χ1n) is 11.3. The van der Waals surface area contributed by atoms with Crippen LogP contribution in [-0.2, 0) is 11.3 Å². The van der Waals surface area contributed by atoms with Crippen LogP contribution in [0.25, 0.3) is 33.1 Å². The molecule has 1 amide bonds. The molecular weight excluding hydrogens is 400 g/mol. The average Bonchev–Trinajstić information content (AvgIpc) is 3.18. The number of benzene rings is 2. The van der Waals surface area contributed by atoms with Gasteiger partial charge in [0.15, 0.2) is 0 Å². The molecule has 2 aromatic heterocycles. The van der Waals surface area contributed by atoms with Crippen molar-refractivity contribution in [3.63, 3.8) is 0 Å². The number of fused-ring (bicyclic) bond motifs is 3. The highest BCUT2D eigenvalue weighted by atomic mass is 16.5. The van der Waals surface area contributed by atoms with E-state index in [2.05, 4.69) is 41.5 Å². The first-order valence-corrected chi connectivity index (χ1v) is 11.3. The van der Waals surface area contributed by atoms with Crippen molar-refractivity contribution in [2.75, 3.05) is 7.11 Å². The molecule has 1 saturated carbocycles. The molecule has 1 aliphatic rings. The van der Waals surface area contributed by atoms with Crippen molar-refractivity contribution in [2.24, 2.45) is 0 Å². The molecule has 2 heterocycles. The van der Waals surface area contributed by atoms with E-state index in [1.54, 1.807) is 7.11 Å². The Balaban J connectivity index is 1.61. The van der Waals surface area contributed by atoms with E-state index in [-0.39, 0.29) is 18.5 Å². The van der Waals surface area contributed by atoms with Crippen molar-refractivity contribution in [3.8, 4) is 17.0 Å². The molecule has 5 rings (SSSR count). The molecule has 32 heavy (non-hydrogen) atoms. The van der Waals surface area contributed by atoms with Gasteiger partial charge in [0, 0.05) is 28.6 Å². The fraction of sp³-hybridized carbons (Fsp3) is 0.346. The van der Waals surface area contributed by atoms with E-state index in [0.29, 0.717) is 0 Å². The number of hydrogen-bond acceptors (Lipinski definition) is 4. The van der Waals surface area contributed by atoms with Crippen LogP contribution in [-0.4, -0.2) is 33.8 Å². The summed E-state index contributed by atoms with van der Waals surface area (Å²) in [6.45, 7) is 2.24. The fourth-order valence-electron chi connectivity index (χ4n) is 4.66. The summed E-state index contributed by atoms with van der Waals surface area (Å²) in [6.07, 6.45) is 7.61. The third-order valence-electron chi connectivity index (χ3n) is 6.37. The molecule has 6 nitrogen and oxygen atoms in total. The van der Waals surface area contributed by atoms with Gasteiger partial charge < -0.3 is 10.1 Å². The Morgan fingerprint density at radius 1 is 1.09 bits per heavy atom. The van der Waals surface area contributed by atoms with Gasteiger partial charge in [-0.3, -0.25) is 14.5 Å². The van der Waals surface area contributed by atoms with Crippen LogP contribution in [0.5, 0.6) is 5.75 Å². The van der Waals surface area contributed by atoms with Crippen LogP contribution < -0.4 is 10.1 Å². The van der Waals surface area contributed by atoms with Crippen molar-refractivity contribution in [1.29, 1.82) is 0 Å². The van der Waals surface area contributed by atoms with E-state index < -0.39 is 0 Å². The van der Waals surface area contributed by atoms with Crippen molar-refractivity contribution in [2.45, 2.75) is 51.6 Å². The number of carbonyl (C=O) groups is 1. The summed E-state index contributed by atoms with van der Waals surface area (Å²) >= 11 is 0. The topological polar surface area (TPSA) is 69.0 Å². The minimum atomic E-state index is 0.00427. The minimum absolute atomic E-state index is 0.00427. The molecule has 0 spiro atoms. The van der Waals surface area contributed by atoms with Crippen LogP contribution in [0.15, 0.2) is 48.7 Å². The van der Waals surface area contributed by atoms with Crippen molar-refractivity contribution < 1.29 is 9.53 Å². The first-order chi connectivity index (χ1) is 15.6. The number of nitrogens with zero attached hydrogens (tertiary/aromatic N) is 3. The molecule has 1 N–H and O–H groups in total.